The average molecular weight is 293 g/mol. The van der Waals surface area contributed by atoms with Crippen molar-refractivity contribution < 1.29 is 0 Å². The number of rotatable bonds is 1. The van der Waals surface area contributed by atoms with Gasteiger partial charge in [-0.05, 0) is 31.2 Å². The third-order valence-electron chi connectivity index (χ3n) is 2.02. The maximum absolute atomic E-state index is 8.30. The molecule has 0 aromatic carbocycles. The highest BCUT2D eigenvalue weighted by Crippen LogP contribution is 2.05. The molecule has 0 aliphatic carbocycles. The fourth-order valence-corrected chi connectivity index (χ4v) is 1.26. The summed E-state index contributed by atoms with van der Waals surface area (Å²) < 4.78 is 0. The number of hydrogen-bond donors (Lipinski definition) is 1. The van der Waals surface area contributed by atoms with E-state index in [2.05, 4.69) is 9.97 Å². The number of hydrogen-bond acceptors (Lipinski definition) is 4. The van der Waals surface area contributed by atoms with Crippen LogP contribution in [0.3, 0.4) is 0 Å². The molecule has 6 heteroatoms. The lowest BCUT2D eigenvalue weighted by molar-refractivity contribution is 1.30. The lowest BCUT2D eigenvalue weighted by atomic mass is 10.2. The molecular formula is C13H10Cl2N4. The van der Waals surface area contributed by atoms with Crippen molar-refractivity contribution in [3.05, 3.63) is 58.1 Å². The van der Waals surface area contributed by atoms with Crippen LogP contribution in [0.15, 0.2) is 36.7 Å². The van der Waals surface area contributed by atoms with Crippen molar-refractivity contribution in [3.63, 3.8) is 0 Å². The van der Waals surface area contributed by atoms with Crippen LogP contribution in [-0.2, 0) is 0 Å². The average Bonchev–Trinajstić information content (AvgIpc) is 2.41. The van der Waals surface area contributed by atoms with Crippen LogP contribution in [0.2, 0.25) is 10.3 Å². The van der Waals surface area contributed by atoms with Gasteiger partial charge < -0.3 is 5.41 Å². The monoisotopic (exact) mass is 292 g/mol. The van der Waals surface area contributed by atoms with Crippen molar-refractivity contribution in [1.82, 2.24) is 9.97 Å². The lowest BCUT2D eigenvalue weighted by Gasteiger charge is -1.94. The third kappa shape index (κ3) is 5.47. The molecular weight excluding hydrogens is 283 g/mol. The maximum atomic E-state index is 8.30. The molecule has 2 rings (SSSR count). The van der Waals surface area contributed by atoms with Crippen molar-refractivity contribution in [2.75, 3.05) is 0 Å². The SMILES string of the molecule is CC(=N)c1ccc(Cl)nc1.N#Cc1ccc(Cl)nc1. The van der Waals surface area contributed by atoms with Crippen LogP contribution in [-0.4, -0.2) is 15.7 Å². The van der Waals surface area contributed by atoms with E-state index in [-0.39, 0.29) is 0 Å². The van der Waals surface area contributed by atoms with E-state index in [0.29, 0.717) is 21.6 Å². The molecule has 2 heterocycles. The molecule has 0 aliphatic heterocycles. The largest absolute Gasteiger partial charge is 0.305 e. The fraction of sp³-hybridized carbons (Fsp3) is 0.0769. The first-order chi connectivity index (χ1) is 9.02. The summed E-state index contributed by atoms with van der Waals surface area (Å²) in [5.74, 6) is 0. The molecule has 2 aromatic heterocycles. The number of nitrogens with zero attached hydrogens (tertiary/aromatic N) is 3. The van der Waals surface area contributed by atoms with Gasteiger partial charge in [-0.25, -0.2) is 9.97 Å². The third-order valence-corrected chi connectivity index (χ3v) is 2.46. The Kier molecular flexibility index (Phi) is 5.94. The van der Waals surface area contributed by atoms with Gasteiger partial charge in [-0.1, -0.05) is 23.2 Å². The van der Waals surface area contributed by atoms with Crippen molar-refractivity contribution in [2.45, 2.75) is 6.92 Å². The number of halogens is 2. The topological polar surface area (TPSA) is 73.4 Å². The predicted octanol–water partition coefficient (Wildman–Crippen LogP) is 3.73. The number of pyridine rings is 2. The Morgan fingerprint density at radius 3 is 2.05 bits per heavy atom. The van der Waals surface area contributed by atoms with Crippen molar-refractivity contribution in [2.24, 2.45) is 0 Å². The van der Waals surface area contributed by atoms with E-state index >= 15 is 0 Å². The van der Waals surface area contributed by atoms with Gasteiger partial charge in [0.15, 0.2) is 0 Å². The second-order valence-electron chi connectivity index (χ2n) is 3.48. The summed E-state index contributed by atoms with van der Waals surface area (Å²) in [7, 11) is 0. The maximum Gasteiger partial charge on any atom is 0.129 e. The van der Waals surface area contributed by atoms with Crippen LogP contribution in [0, 0.1) is 16.7 Å². The highest BCUT2D eigenvalue weighted by Gasteiger charge is 1.93. The van der Waals surface area contributed by atoms with Gasteiger partial charge in [0.2, 0.25) is 0 Å². The van der Waals surface area contributed by atoms with Gasteiger partial charge in [0.25, 0.3) is 0 Å². The smallest absolute Gasteiger partial charge is 0.129 e. The standard InChI is InChI=1S/C7H7ClN2.C6H3ClN2/c1-5(9)6-2-3-7(8)10-4-6;7-6-2-1-5(3-8)4-9-6/h2-4,9H,1H3;1-2,4H. The zero-order valence-corrected chi connectivity index (χ0v) is 11.6. The molecule has 0 saturated carbocycles. The molecule has 96 valence electrons. The quantitative estimate of drug-likeness (QED) is 0.643. The molecule has 0 saturated heterocycles. The first kappa shape index (κ1) is 15.1. The zero-order valence-electron chi connectivity index (χ0n) is 10.1. The van der Waals surface area contributed by atoms with Crippen molar-refractivity contribution in [1.29, 1.82) is 10.7 Å². The number of nitrogens with one attached hydrogen (secondary N) is 1. The van der Waals surface area contributed by atoms with Gasteiger partial charge >= 0.3 is 0 Å². The minimum absolute atomic E-state index is 0.411. The van der Waals surface area contributed by atoms with Crippen LogP contribution in [0.4, 0.5) is 0 Å². The minimum Gasteiger partial charge on any atom is -0.305 e. The van der Waals surface area contributed by atoms with E-state index in [9.17, 15) is 0 Å². The molecule has 0 fully saturated rings. The van der Waals surface area contributed by atoms with Crippen molar-refractivity contribution in [3.8, 4) is 6.07 Å². The Balaban J connectivity index is 0.000000191. The van der Waals surface area contributed by atoms with Crippen LogP contribution in [0.5, 0.6) is 0 Å². The van der Waals surface area contributed by atoms with Crippen LogP contribution in [0.25, 0.3) is 0 Å². The van der Waals surface area contributed by atoms with Gasteiger partial charge in [0.1, 0.15) is 16.4 Å². The molecule has 19 heavy (non-hydrogen) atoms. The molecule has 0 radical (unpaired) electrons. The first-order valence-corrected chi connectivity index (χ1v) is 5.97. The molecule has 0 atom stereocenters. The van der Waals surface area contributed by atoms with E-state index in [1.807, 2.05) is 6.07 Å². The highest BCUT2D eigenvalue weighted by molar-refractivity contribution is 6.29. The van der Waals surface area contributed by atoms with Gasteiger partial charge in [-0.3, -0.25) is 0 Å². The summed E-state index contributed by atoms with van der Waals surface area (Å²) in [6.07, 6.45) is 3.02. The Bertz CT molecular complexity index is 586. The number of nitriles is 1. The Hall–Kier alpha value is -1.96. The van der Waals surface area contributed by atoms with E-state index < -0.39 is 0 Å². The molecule has 4 nitrogen and oxygen atoms in total. The van der Waals surface area contributed by atoms with Crippen LogP contribution < -0.4 is 0 Å². The molecule has 0 amide bonds. The number of aromatic nitrogens is 2. The summed E-state index contributed by atoms with van der Waals surface area (Å²) in [6.45, 7) is 1.71. The van der Waals surface area contributed by atoms with E-state index in [0.717, 1.165) is 5.56 Å². The summed E-state index contributed by atoms with van der Waals surface area (Å²) >= 11 is 11.0. The second kappa shape index (κ2) is 7.47. The Morgan fingerprint density at radius 1 is 1.11 bits per heavy atom. The van der Waals surface area contributed by atoms with Crippen LogP contribution >= 0.6 is 23.2 Å². The second-order valence-corrected chi connectivity index (χ2v) is 4.25. The van der Waals surface area contributed by atoms with Gasteiger partial charge in [0.05, 0.1) is 5.56 Å². The zero-order chi connectivity index (χ0) is 14.3. The Morgan fingerprint density at radius 2 is 1.68 bits per heavy atom. The van der Waals surface area contributed by atoms with Gasteiger partial charge in [-0.15, -0.1) is 0 Å². The summed E-state index contributed by atoms with van der Waals surface area (Å²) in [5, 5.41) is 16.4. The summed E-state index contributed by atoms with van der Waals surface area (Å²) in [6, 6.07) is 8.59. The molecule has 2 aromatic rings. The normalized spacial score (nSPS) is 8.95. The summed E-state index contributed by atoms with van der Waals surface area (Å²) in [5.41, 5.74) is 1.84. The lowest BCUT2D eigenvalue weighted by Crippen LogP contribution is -1.91. The molecule has 0 spiro atoms. The molecule has 1 N–H and O–H groups in total. The highest BCUT2D eigenvalue weighted by atomic mass is 35.5. The molecule has 0 bridgehead atoms. The van der Waals surface area contributed by atoms with E-state index in [4.69, 9.17) is 33.9 Å². The van der Waals surface area contributed by atoms with Gasteiger partial charge in [0, 0.05) is 23.7 Å². The van der Waals surface area contributed by atoms with Gasteiger partial charge in [-0.2, -0.15) is 5.26 Å². The Labute approximate surface area is 121 Å². The first-order valence-electron chi connectivity index (χ1n) is 5.21. The van der Waals surface area contributed by atoms with Crippen LogP contribution in [0.1, 0.15) is 18.1 Å². The molecule has 0 unspecified atom stereocenters. The fourth-order valence-electron chi connectivity index (χ4n) is 1.04. The molecule has 0 aliphatic rings. The van der Waals surface area contributed by atoms with E-state index in [1.54, 1.807) is 37.4 Å². The summed E-state index contributed by atoms with van der Waals surface area (Å²) in [4.78, 5) is 7.52. The minimum atomic E-state index is 0.411. The van der Waals surface area contributed by atoms with E-state index in [1.165, 1.54) is 6.20 Å². The predicted molar refractivity (Wildman–Crippen MR) is 75.7 cm³/mol. The van der Waals surface area contributed by atoms with Crippen molar-refractivity contribution >= 4 is 28.9 Å².